The molecule has 21 heavy (non-hydrogen) atoms. The molecule has 0 bridgehead atoms. The standard InChI is InChI=1S/C20H12O/c21-17-11-10-13-6-2-8-15-14-7-1-4-12-5-3-9-16(18(12)14)20(17)19(13)15/h1-11,18H. The summed E-state index contributed by atoms with van der Waals surface area (Å²) in [4.78, 5) is 12.5. The molecule has 1 atom stereocenters. The van der Waals surface area contributed by atoms with Crippen LogP contribution in [0.4, 0.5) is 0 Å². The minimum absolute atomic E-state index is 0.129. The van der Waals surface area contributed by atoms with E-state index in [9.17, 15) is 4.79 Å². The van der Waals surface area contributed by atoms with Crippen molar-refractivity contribution in [3.63, 3.8) is 0 Å². The molecule has 0 aromatic heterocycles. The Bertz CT molecular complexity index is 898. The van der Waals surface area contributed by atoms with Crippen LogP contribution >= 0.6 is 0 Å². The lowest BCUT2D eigenvalue weighted by atomic mass is 9.66. The Balaban J connectivity index is 1.98. The van der Waals surface area contributed by atoms with Crippen LogP contribution in [-0.2, 0) is 4.79 Å². The molecule has 0 fully saturated rings. The number of fused-ring (bicyclic) bond motifs is 1. The molecule has 0 radical (unpaired) electrons. The van der Waals surface area contributed by atoms with Crippen molar-refractivity contribution in [3.05, 3.63) is 88.6 Å². The Kier molecular flexibility index (Phi) is 1.95. The number of hydrogen-bond acceptors (Lipinski definition) is 1. The fraction of sp³-hybridized carbons (Fsp3) is 0.0500. The van der Waals surface area contributed by atoms with Gasteiger partial charge in [-0.1, -0.05) is 60.7 Å². The van der Waals surface area contributed by atoms with Gasteiger partial charge in [0.15, 0.2) is 5.78 Å². The highest BCUT2D eigenvalue weighted by Gasteiger charge is 2.37. The van der Waals surface area contributed by atoms with Crippen LogP contribution in [0.25, 0.3) is 17.2 Å². The van der Waals surface area contributed by atoms with Crippen LogP contribution in [0.3, 0.4) is 0 Å². The number of hydrogen-bond donors (Lipinski definition) is 0. The number of rotatable bonds is 0. The number of carbonyl (C=O) groups is 1. The van der Waals surface area contributed by atoms with E-state index in [1.165, 1.54) is 16.7 Å². The highest BCUT2D eigenvalue weighted by molar-refractivity contribution is 6.33. The van der Waals surface area contributed by atoms with Gasteiger partial charge in [-0.25, -0.2) is 0 Å². The zero-order chi connectivity index (χ0) is 14.0. The maximum Gasteiger partial charge on any atom is 0.186 e. The number of benzene rings is 1. The van der Waals surface area contributed by atoms with Gasteiger partial charge in [0.1, 0.15) is 0 Å². The van der Waals surface area contributed by atoms with Gasteiger partial charge in [-0.15, -0.1) is 0 Å². The van der Waals surface area contributed by atoms with E-state index in [4.69, 9.17) is 0 Å². The van der Waals surface area contributed by atoms with Gasteiger partial charge in [-0.3, -0.25) is 4.79 Å². The summed E-state index contributed by atoms with van der Waals surface area (Å²) in [5.41, 5.74) is 8.10. The van der Waals surface area contributed by atoms with E-state index in [1.54, 1.807) is 6.08 Å². The maximum atomic E-state index is 12.5. The molecule has 1 heteroatoms. The van der Waals surface area contributed by atoms with E-state index < -0.39 is 0 Å². The number of allylic oxidation sites excluding steroid dienone is 11. The number of carbonyl (C=O) groups excluding carboxylic acids is 1. The van der Waals surface area contributed by atoms with Gasteiger partial charge in [0.2, 0.25) is 0 Å². The molecule has 4 aliphatic carbocycles. The van der Waals surface area contributed by atoms with Gasteiger partial charge < -0.3 is 0 Å². The van der Waals surface area contributed by atoms with Gasteiger partial charge in [-0.2, -0.15) is 0 Å². The van der Waals surface area contributed by atoms with Crippen molar-refractivity contribution in [2.75, 3.05) is 0 Å². The lowest BCUT2D eigenvalue weighted by Gasteiger charge is -2.36. The van der Waals surface area contributed by atoms with E-state index in [0.29, 0.717) is 0 Å². The molecule has 1 aromatic carbocycles. The Hall–Kier alpha value is -2.67. The third kappa shape index (κ3) is 1.28. The zero-order valence-corrected chi connectivity index (χ0v) is 11.3. The predicted molar refractivity (Wildman–Crippen MR) is 85.2 cm³/mol. The summed E-state index contributed by atoms with van der Waals surface area (Å²) in [5.74, 6) is 0.345. The van der Waals surface area contributed by atoms with Crippen molar-refractivity contribution in [1.29, 1.82) is 0 Å². The quantitative estimate of drug-likeness (QED) is 0.692. The average Bonchev–Trinajstić information content (AvgIpc) is 2.53. The molecule has 0 N–H and O–H groups in total. The van der Waals surface area contributed by atoms with Crippen LogP contribution in [0.1, 0.15) is 16.7 Å². The summed E-state index contributed by atoms with van der Waals surface area (Å²) < 4.78 is 0. The lowest BCUT2D eigenvalue weighted by molar-refractivity contribution is -0.109. The average molecular weight is 268 g/mol. The number of ketones is 1. The molecule has 4 aliphatic rings. The molecule has 1 aromatic rings. The summed E-state index contributed by atoms with van der Waals surface area (Å²) in [7, 11) is 0. The SMILES string of the molecule is O=C1C=Cc2cccc3c2C1=C1C=CC=C2C=CC=C3C21. The topological polar surface area (TPSA) is 17.1 Å². The van der Waals surface area contributed by atoms with E-state index >= 15 is 0 Å². The van der Waals surface area contributed by atoms with Crippen molar-refractivity contribution in [1.82, 2.24) is 0 Å². The monoisotopic (exact) mass is 268 g/mol. The Morgan fingerprint density at radius 1 is 0.905 bits per heavy atom. The summed E-state index contributed by atoms with van der Waals surface area (Å²) in [6, 6.07) is 6.31. The second-order valence-electron chi connectivity index (χ2n) is 5.74. The second-order valence-corrected chi connectivity index (χ2v) is 5.74. The van der Waals surface area contributed by atoms with Crippen molar-refractivity contribution in [2.24, 2.45) is 5.92 Å². The first-order valence-corrected chi connectivity index (χ1v) is 7.21. The van der Waals surface area contributed by atoms with E-state index in [0.717, 1.165) is 22.3 Å². The third-order valence-corrected chi connectivity index (χ3v) is 4.69. The van der Waals surface area contributed by atoms with E-state index in [1.807, 2.05) is 6.08 Å². The summed E-state index contributed by atoms with van der Waals surface area (Å²) in [6.45, 7) is 0. The lowest BCUT2D eigenvalue weighted by Crippen LogP contribution is -2.23. The predicted octanol–water partition coefficient (Wildman–Crippen LogP) is 4.12. The molecule has 0 aliphatic heterocycles. The smallest absolute Gasteiger partial charge is 0.186 e. The fourth-order valence-electron chi connectivity index (χ4n) is 3.85. The molecule has 0 saturated carbocycles. The van der Waals surface area contributed by atoms with E-state index in [2.05, 4.69) is 54.7 Å². The van der Waals surface area contributed by atoms with Crippen LogP contribution < -0.4 is 0 Å². The molecule has 0 saturated heterocycles. The van der Waals surface area contributed by atoms with Crippen LogP contribution in [0.15, 0.2) is 71.9 Å². The molecule has 0 amide bonds. The van der Waals surface area contributed by atoms with Gasteiger partial charge in [-0.05, 0) is 33.9 Å². The van der Waals surface area contributed by atoms with Gasteiger partial charge >= 0.3 is 0 Å². The molecule has 0 heterocycles. The van der Waals surface area contributed by atoms with Gasteiger partial charge in [0.05, 0.1) is 0 Å². The van der Waals surface area contributed by atoms with E-state index in [-0.39, 0.29) is 11.7 Å². The van der Waals surface area contributed by atoms with Crippen molar-refractivity contribution >= 4 is 23.0 Å². The third-order valence-electron chi connectivity index (χ3n) is 4.69. The molecule has 1 unspecified atom stereocenters. The maximum absolute atomic E-state index is 12.5. The Morgan fingerprint density at radius 2 is 1.81 bits per heavy atom. The second kappa shape index (κ2) is 3.70. The zero-order valence-electron chi connectivity index (χ0n) is 11.3. The first-order chi connectivity index (χ1) is 10.3. The van der Waals surface area contributed by atoms with Crippen molar-refractivity contribution in [3.8, 4) is 0 Å². The molecule has 0 spiro atoms. The highest BCUT2D eigenvalue weighted by atomic mass is 16.1. The van der Waals surface area contributed by atoms with Gasteiger partial charge in [0.25, 0.3) is 0 Å². The Morgan fingerprint density at radius 3 is 2.76 bits per heavy atom. The minimum Gasteiger partial charge on any atom is -0.289 e. The minimum atomic E-state index is 0.129. The summed E-state index contributed by atoms with van der Waals surface area (Å²) >= 11 is 0. The first-order valence-electron chi connectivity index (χ1n) is 7.21. The molecule has 5 rings (SSSR count). The van der Waals surface area contributed by atoms with Crippen LogP contribution in [0, 0.1) is 5.92 Å². The molecular weight excluding hydrogens is 256 g/mol. The van der Waals surface area contributed by atoms with Crippen molar-refractivity contribution in [2.45, 2.75) is 0 Å². The largest absolute Gasteiger partial charge is 0.289 e. The summed E-state index contributed by atoms with van der Waals surface area (Å²) in [5, 5.41) is 0. The highest BCUT2D eigenvalue weighted by Crippen LogP contribution is 2.51. The Labute approximate surface area is 123 Å². The fourth-order valence-corrected chi connectivity index (χ4v) is 3.85. The molecule has 1 nitrogen and oxygen atoms in total. The van der Waals surface area contributed by atoms with Crippen LogP contribution in [0.5, 0.6) is 0 Å². The molecular formula is C20H12O. The van der Waals surface area contributed by atoms with Gasteiger partial charge in [0, 0.05) is 17.1 Å². The first kappa shape index (κ1) is 11.0. The summed E-state index contributed by atoms with van der Waals surface area (Å²) in [6.07, 6.45) is 16.4. The molecule has 98 valence electrons. The van der Waals surface area contributed by atoms with Crippen LogP contribution in [-0.4, -0.2) is 5.78 Å². The van der Waals surface area contributed by atoms with Crippen molar-refractivity contribution < 1.29 is 4.79 Å². The van der Waals surface area contributed by atoms with Crippen LogP contribution in [0.2, 0.25) is 0 Å². The normalized spacial score (nSPS) is 23.6.